The summed E-state index contributed by atoms with van der Waals surface area (Å²) in [6, 6.07) is 0. The maximum absolute atomic E-state index is 10.5. The lowest BCUT2D eigenvalue weighted by Gasteiger charge is -2.11. The molecule has 12 heavy (non-hydrogen) atoms. The lowest BCUT2D eigenvalue weighted by Crippen LogP contribution is -2.41. The summed E-state index contributed by atoms with van der Waals surface area (Å²) in [4.78, 5) is 10.5. The van der Waals surface area contributed by atoms with Gasteiger partial charge in [0, 0.05) is 20.0 Å². The predicted octanol–water partition coefficient (Wildman–Crippen LogP) is -1.19. The molecule has 1 amide bonds. The fraction of sp³-hybridized carbons (Fsp3) is 0.857. The summed E-state index contributed by atoms with van der Waals surface area (Å²) in [7, 11) is 0. The van der Waals surface area contributed by atoms with Crippen molar-refractivity contribution in [3.8, 4) is 0 Å². The summed E-state index contributed by atoms with van der Waals surface area (Å²) in [6.07, 6.45) is 0.195. The van der Waals surface area contributed by atoms with Crippen molar-refractivity contribution in [2.45, 2.75) is 19.5 Å². The van der Waals surface area contributed by atoms with Gasteiger partial charge in [-0.3, -0.25) is 4.79 Å². The Hall–Kier alpha value is -0.650. The maximum atomic E-state index is 10.5. The van der Waals surface area contributed by atoms with Crippen LogP contribution in [-0.2, 0) is 9.53 Å². The number of carbonyl (C=O) groups excluding carboxylic acids is 1. The van der Waals surface area contributed by atoms with Crippen molar-refractivity contribution < 1.29 is 14.6 Å². The minimum atomic E-state index is -0.360. The monoisotopic (exact) mass is 176 g/mol. The first-order valence-electron chi connectivity index (χ1n) is 3.88. The van der Waals surface area contributed by atoms with Gasteiger partial charge < -0.3 is 20.9 Å². The minimum absolute atomic E-state index is 0.00930. The fourth-order valence-corrected chi connectivity index (χ4v) is 0.710. The first-order valence-corrected chi connectivity index (χ1v) is 3.88. The second kappa shape index (κ2) is 7.02. The third kappa shape index (κ3) is 7.46. The highest BCUT2D eigenvalue weighted by atomic mass is 16.5. The molecule has 1 atom stereocenters. The number of ether oxygens (including phenoxy) is 1. The van der Waals surface area contributed by atoms with Crippen LogP contribution in [0, 0.1) is 0 Å². The van der Waals surface area contributed by atoms with Crippen molar-refractivity contribution in [2.75, 3.05) is 19.8 Å². The summed E-state index contributed by atoms with van der Waals surface area (Å²) in [5, 5.41) is 10.9. The summed E-state index contributed by atoms with van der Waals surface area (Å²) in [5.74, 6) is -0.148. The Balaban J connectivity index is 3.19. The average molecular weight is 176 g/mol. The van der Waals surface area contributed by atoms with E-state index < -0.39 is 0 Å². The quantitative estimate of drug-likeness (QED) is 0.351. The standard InChI is InChI=1S/C7H16N2O3/c1-6(11)9-7(8)2-4-12-5-3-10/h7,10H,2-5,8H2,1H3,(H,9,11). The molecule has 0 aromatic heterocycles. The number of rotatable bonds is 6. The Morgan fingerprint density at radius 3 is 2.83 bits per heavy atom. The molecule has 72 valence electrons. The molecular weight excluding hydrogens is 160 g/mol. The van der Waals surface area contributed by atoms with Gasteiger partial charge in [0.1, 0.15) is 0 Å². The normalized spacial score (nSPS) is 12.6. The lowest BCUT2D eigenvalue weighted by atomic mass is 10.3. The van der Waals surface area contributed by atoms with E-state index in [-0.39, 0.29) is 18.7 Å². The zero-order valence-corrected chi connectivity index (χ0v) is 7.25. The molecule has 0 aliphatic rings. The van der Waals surface area contributed by atoms with Gasteiger partial charge in [0.2, 0.25) is 5.91 Å². The van der Waals surface area contributed by atoms with Crippen molar-refractivity contribution in [1.29, 1.82) is 0 Å². The van der Waals surface area contributed by atoms with E-state index in [4.69, 9.17) is 15.6 Å². The van der Waals surface area contributed by atoms with Gasteiger partial charge in [0.25, 0.3) is 0 Å². The van der Waals surface area contributed by atoms with Crippen LogP contribution in [0.5, 0.6) is 0 Å². The van der Waals surface area contributed by atoms with E-state index in [1.54, 1.807) is 0 Å². The van der Waals surface area contributed by atoms with E-state index in [1.807, 2.05) is 0 Å². The highest BCUT2D eigenvalue weighted by Crippen LogP contribution is 1.85. The Morgan fingerprint density at radius 1 is 1.67 bits per heavy atom. The number of hydrogen-bond acceptors (Lipinski definition) is 4. The van der Waals surface area contributed by atoms with Crippen molar-refractivity contribution in [3.05, 3.63) is 0 Å². The molecule has 0 fully saturated rings. The van der Waals surface area contributed by atoms with Gasteiger partial charge in [0.15, 0.2) is 0 Å². The molecule has 1 unspecified atom stereocenters. The molecule has 0 bridgehead atoms. The third-order valence-corrected chi connectivity index (χ3v) is 1.20. The highest BCUT2D eigenvalue weighted by Gasteiger charge is 2.02. The zero-order valence-electron chi connectivity index (χ0n) is 7.25. The van der Waals surface area contributed by atoms with Crippen molar-refractivity contribution in [3.63, 3.8) is 0 Å². The van der Waals surface area contributed by atoms with Crippen LogP contribution in [-0.4, -0.2) is 37.0 Å². The molecule has 0 aliphatic carbocycles. The average Bonchev–Trinajstić information content (AvgIpc) is 1.97. The molecule has 0 rings (SSSR count). The van der Waals surface area contributed by atoms with Gasteiger partial charge in [-0.25, -0.2) is 0 Å². The van der Waals surface area contributed by atoms with E-state index in [2.05, 4.69) is 5.32 Å². The summed E-state index contributed by atoms with van der Waals surface area (Å²) >= 11 is 0. The molecule has 0 radical (unpaired) electrons. The first-order chi connectivity index (χ1) is 5.66. The number of hydrogen-bond donors (Lipinski definition) is 3. The molecule has 0 aromatic carbocycles. The van der Waals surface area contributed by atoms with Gasteiger partial charge in [-0.1, -0.05) is 0 Å². The van der Waals surface area contributed by atoms with Crippen LogP contribution in [0.15, 0.2) is 0 Å². The molecule has 0 saturated heterocycles. The molecule has 0 heterocycles. The Morgan fingerprint density at radius 2 is 2.33 bits per heavy atom. The van der Waals surface area contributed by atoms with Gasteiger partial charge in [0.05, 0.1) is 19.4 Å². The molecule has 5 nitrogen and oxygen atoms in total. The van der Waals surface area contributed by atoms with E-state index in [0.29, 0.717) is 19.6 Å². The Kier molecular flexibility index (Phi) is 6.64. The van der Waals surface area contributed by atoms with Crippen LogP contribution >= 0.6 is 0 Å². The van der Waals surface area contributed by atoms with Crippen molar-refractivity contribution in [1.82, 2.24) is 5.32 Å². The van der Waals surface area contributed by atoms with Crippen LogP contribution in [0.4, 0.5) is 0 Å². The fourth-order valence-electron chi connectivity index (χ4n) is 0.710. The molecule has 5 heteroatoms. The van der Waals surface area contributed by atoms with Gasteiger partial charge >= 0.3 is 0 Å². The summed E-state index contributed by atoms with van der Waals surface area (Å²) in [6.45, 7) is 2.18. The second-order valence-electron chi connectivity index (χ2n) is 2.43. The third-order valence-electron chi connectivity index (χ3n) is 1.20. The number of carbonyl (C=O) groups is 1. The molecule has 0 aliphatic heterocycles. The molecular formula is C7H16N2O3. The Bertz CT molecular complexity index is 130. The van der Waals surface area contributed by atoms with Crippen LogP contribution < -0.4 is 11.1 Å². The molecule has 0 spiro atoms. The SMILES string of the molecule is CC(=O)NC(N)CCOCCO. The molecule has 0 aromatic rings. The van der Waals surface area contributed by atoms with Gasteiger partial charge in [-0.05, 0) is 0 Å². The van der Waals surface area contributed by atoms with E-state index in [0.717, 1.165) is 0 Å². The van der Waals surface area contributed by atoms with Crippen LogP contribution in [0.1, 0.15) is 13.3 Å². The Labute approximate surface area is 71.9 Å². The first kappa shape index (κ1) is 11.4. The topological polar surface area (TPSA) is 84.6 Å². The van der Waals surface area contributed by atoms with E-state index in [9.17, 15) is 4.79 Å². The maximum Gasteiger partial charge on any atom is 0.218 e. The van der Waals surface area contributed by atoms with Crippen LogP contribution in [0.2, 0.25) is 0 Å². The van der Waals surface area contributed by atoms with E-state index >= 15 is 0 Å². The molecule has 4 N–H and O–H groups in total. The van der Waals surface area contributed by atoms with E-state index in [1.165, 1.54) is 6.92 Å². The smallest absolute Gasteiger partial charge is 0.218 e. The molecule has 0 saturated carbocycles. The highest BCUT2D eigenvalue weighted by molar-refractivity contribution is 5.73. The number of nitrogens with one attached hydrogen (secondary N) is 1. The lowest BCUT2D eigenvalue weighted by molar-refractivity contribution is -0.119. The largest absolute Gasteiger partial charge is 0.394 e. The van der Waals surface area contributed by atoms with Crippen molar-refractivity contribution in [2.24, 2.45) is 5.73 Å². The summed E-state index contributed by atoms with van der Waals surface area (Å²) in [5.41, 5.74) is 5.48. The number of aliphatic hydroxyl groups is 1. The van der Waals surface area contributed by atoms with Crippen LogP contribution in [0.3, 0.4) is 0 Å². The predicted molar refractivity (Wildman–Crippen MR) is 44.3 cm³/mol. The van der Waals surface area contributed by atoms with Gasteiger partial charge in [-0.2, -0.15) is 0 Å². The minimum Gasteiger partial charge on any atom is -0.394 e. The van der Waals surface area contributed by atoms with Crippen LogP contribution in [0.25, 0.3) is 0 Å². The van der Waals surface area contributed by atoms with Gasteiger partial charge in [-0.15, -0.1) is 0 Å². The zero-order chi connectivity index (χ0) is 9.40. The van der Waals surface area contributed by atoms with Crippen molar-refractivity contribution >= 4 is 5.91 Å². The summed E-state index contributed by atoms with van der Waals surface area (Å²) < 4.78 is 4.95. The number of aliphatic hydroxyl groups excluding tert-OH is 1. The second-order valence-corrected chi connectivity index (χ2v) is 2.43. The number of amides is 1. The number of nitrogens with two attached hydrogens (primary N) is 1.